The largest absolute Gasteiger partial charge is 0.355 e. The number of benzene rings is 1. The van der Waals surface area contributed by atoms with E-state index in [1.54, 1.807) is 16.8 Å². The molecule has 0 unspecified atom stereocenters. The molecule has 0 saturated carbocycles. The van der Waals surface area contributed by atoms with E-state index in [9.17, 15) is 13.2 Å². The van der Waals surface area contributed by atoms with Gasteiger partial charge < -0.3 is 10.2 Å². The first-order valence-electron chi connectivity index (χ1n) is 10.6. The van der Waals surface area contributed by atoms with E-state index >= 15 is 0 Å². The van der Waals surface area contributed by atoms with Gasteiger partial charge in [-0.2, -0.15) is 0 Å². The molecule has 0 aliphatic carbocycles. The van der Waals surface area contributed by atoms with E-state index in [0.29, 0.717) is 31.4 Å². The number of nitrogens with zero attached hydrogens (tertiary/aromatic N) is 5. The number of rotatable bonds is 9. The summed E-state index contributed by atoms with van der Waals surface area (Å²) in [4.78, 5) is 14.7. The summed E-state index contributed by atoms with van der Waals surface area (Å²) >= 11 is 0. The van der Waals surface area contributed by atoms with Crippen molar-refractivity contribution in [3.05, 3.63) is 18.2 Å². The van der Waals surface area contributed by atoms with Gasteiger partial charge in [-0.15, -0.1) is 5.10 Å². The number of likely N-dealkylation sites (tertiary alicyclic amines) is 1. The van der Waals surface area contributed by atoms with Crippen LogP contribution in [0.3, 0.4) is 0 Å². The zero-order chi connectivity index (χ0) is 21.6. The molecule has 10 heteroatoms. The van der Waals surface area contributed by atoms with Crippen LogP contribution in [0.1, 0.15) is 38.5 Å². The SMILES string of the molecule is CN(C)S(=O)(=O)c1ccc2c(c1)nnn2CCCC(=O)NCCN1CCCCCC1. The number of nitrogens with one attached hydrogen (secondary N) is 1. The molecule has 1 aromatic carbocycles. The van der Waals surface area contributed by atoms with Gasteiger partial charge in [-0.25, -0.2) is 17.4 Å². The maximum absolute atomic E-state index is 12.3. The fraction of sp³-hybridized carbons (Fsp3) is 0.650. The standard InChI is InChI=1S/C20H32N6O3S/c1-24(2)30(28,29)17-9-10-19-18(16-17)22-23-26(19)14-7-8-20(27)21-11-15-25-12-5-3-4-6-13-25/h9-10,16H,3-8,11-15H2,1-2H3,(H,21,27). The molecule has 1 amide bonds. The fourth-order valence-electron chi connectivity index (χ4n) is 3.68. The minimum Gasteiger partial charge on any atom is -0.355 e. The molecule has 0 radical (unpaired) electrons. The number of aryl methyl sites for hydroxylation is 1. The Bertz CT molecular complexity index is 949. The highest BCUT2D eigenvalue weighted by Gasteiger charge is 2.18. The zero-order valence-electron chi connectivity index (χ0n) is 17.9. The maximum atomic E-state index is 12.3. The maximum Gasteiger partial charge on any atom is 0.242 e. The van der Waals surface area contributed by atoms with Crippen LogP contribution in [0.5, 0.6) is 0 Å². The van der Waals surface area contributed by atoms with E-state index in [-0.39, 0.29) is 10.8 Å². The predicted molar refractivity (Wildman–Crippen MR) is 116 cm³/mol. The number of sulfonamides is 1. The Balaban J connectivity index is 1.46. The van der Waals surface area contributed by atoms with E-state index < -0.39 is 10.0 Å². The third-order valence-corrected chi connectivity index (χ3v) is 7.30. The summed E-state index contributed by atoms with van der Waals surface area (Å²) in [6.45, 7) is 4.42. The molecule has 9 nitrogen and oxygen atoms in total. The fourth-order valence-corrected chi connectivity index (χ4v) is 4.60. The second-order valence-electron chi connectivity index (χ2n) is 7.96. The molecule has 3 rings (SSSR count). The van der Waals surface area contributed by atoms with Crippen molar-refractivity contribution < 1.29 is 13.2 Å². The van der Waals surface area contributed by atoms with Crippen LogP contribution in [-0.2, 0) is 21.4 Å². The number of amides is 1. The van der Waals surface area contributed by atoms with Crippen LogP contribution in [-0.4, -0.2) is 78.8 Å². The lowest BCUT2D eigenvalue weighted by atomic mass is 10.2. The number of carbonyl (C=O) groups is 1. The van der Waals surface area contributed by atoms with Gasteiger partial charge in [0.25, 0.3) is 0 Å². The Morgan fingerprint density at radius 1 is 1.13 bits per heavy atom. The van der Waals surface area contributed by atoms with Gasteiger partial charge in [0.1, 0.15) is 5.52 Å². The Morgan fingerprint density at radius 3 is 2.57 bits per heavy atom. The zero-order valence-corrected chi connectivity index (χ0v) is 18.7. The molecule has 1 fully saturated rings. The van der Waals surface area contributed by atoms with Gasteiger partial charge in [0.15, 0.2) is 0 Å². The highest BCUT2D eigenvalue weighted by atomic mass is 32.2. The van der Waals surface area contributed by atoms with Crippen LogP contribution in [0, 0.1) is 0 Å². The van der Waals surface area contributed by atoms with Gasteiger partial charge in [-0.3, -0.25) is 4.79 Å². The Hall–Kier alpha value is -2.04. The van der Waals surface area contributed by atoms with Crippen LogP contribution in [0.25, 0.3) is 11.0 Å². The first-order valence-corrected chi connectivity index (χ1v) is 12.1. The van der Waals surface area contributed by atoms with Gasteiger partial charge in [-0.05, 0) is 50.6 Å². The summed E-state index contributed by atoms with van der Waals surface area (Å²) in [6, 6.07) is 4.81. The van der Waals surface area contributed by atoms with Gasteiger partial charge in [0.05, 0.1) is 10.4 Å². The van der Waals surface area contributed by atoms with Gasteiger partial charge in [0, 0.05) is 40.2 Å². The Labute approximate surface area is 178 Å². The van der Waals surface area contributed by atoms with Crippen LogP contribution in [0.15, 0.2) is 23.1 Å². The number of hydrogen-bond acceptors (Lipinski definition) is 6. The smallest absolute Gasteiger partial charge is 0.242 e. The molecule has 1 aromatic heterocycles. The molecule has 1 aliphatic rings. The number of hydrogen-bond donors (Lipinski definition) is 1. The van der Waals surface area contributed by atoms with Gasteiger partial charge in [0.2, 0.25) is 15.9 Å². The van der Waals surface area contributed by atoms with Crippen molar-refractivity contribution in [1.82, 2.24) is 29.5 Å². The van der Waals surface area contributed by atoms with Gasteiger partial charge >= 0.3 is 0 Å². The number of aromatic nitrogens is 3. The lowest BCUT2D eigenvalue weighted by Gasteiger charge is -2.19. The third-order valence-electron chi connectivity index (χ3n) is 5.49. The van der Waals surface area contributed by atoms with Crippen LogP contribution >= 0.6 is 0 Å². The summed E-state index contributed by atoms with van der Waals surface area (Å²) in [5, 5.41) is 11.2. The van der Waals surface area contributed by atoms with Crippen LogP contribution in [0.2, 0.25) is 0 Å². The Morgan fingerprint density at radius 2 is 1.87 bits per heavy atom. The minimum atomic E-state index is -3.51. The molecule has 1 aliphatic heterocycles. The molecular formula is C20H32N6O3S. The first kappa shape index (κ1) is 22.6. The lowest BCUT2D eigenvalue weighted by molar-refractivity contribution is -0.121. The number of carbonyl (C=O) groups excluding carboxylic acids is 1. The average Bonchev–Trinajstić information content (AvgIpc) is 2.93. The summed E-state index contributed by atoms with van der Waals surface area (Å²) in [5.74, 6) is 0.0496. The Kier molecular flexibility index (Phi) is 7.79. The second kappa shape index (κ2) is 10.3. The monoisotopic (exact) mass is 436 g/mol. The first-order chi connectivity index (χ1) is 14.4. The van der Waals surface area contributed by atoms with Crippen LogP contribution < -0.4 is 5.32 Å². The molecule has 1 saturated heterocycles. The minimum absolute atomic E-state index is 0.0496. The van der Waals surface area contributed by atoms with Crippen molar-refractivity contribution in [3.63, 3.8) is 0 Å². The topological polar surface area (TPSA) is 100 Å². The molecule has 0 atom stereocenters. The summed E-state index contributed by atoms with van der Waals surface area (Å²) in [6.07, 6.45) is 6.20. The van der Waals surface area contributed by atoms with Crippen LogP contribution in [0.4, 0.5) is 0 Å². The van der Waals surface area contributed by atoms with Crippen molar-refractivity contribution in [2.24, 2.45) is 0 Å². The summed E-state index contributed by atoms with van der Waals surface area (Å²) < 4.78 is 27.4. The quantitative estimate of drug-likeness (QED) is 0.639. The third kappa shape index (κ3) is 5.77. The molecule has 0 spiro atoms. The summed E-state index contributed by atoms with van der Waals surface area (Å²) in [5.41, 5.74) is 1.29. The molecular weight excluding hydrogens is 404 g/mol. The summed E-state index contributed by atoms with van der Waals surface area (Å²) in [7, 11) is -0.516. The van der Waals surface area contributed by atoms with Crippen molar-refractivity contribution in [2.45, 2.75) is 50.0 Å². The van der Waals surface area contributed by atoms with Crippen molar-refractivity contribution in [2.75, 3.05) is 40.3 Å². The molecule has 0 bridgehead atoms. The predicted octanol–water partition coefficient (Wildman–Crippen LogP) is 1.45. The highest BCUT2D eigenvalue weighted by Crippen LogP contribution is 2.19. The normalized spacial score (nSPS) is 16.1. The highest BCUT2D eigenvalue weighted by molar-refractivity contribution is 7.89. The van der Waals surface area contributed by atoms with Gasteiger partial charge in [-0.1, -0.05) is 18.1 Å². The van der Waals surface area contributed by atoms with E-state index in [0.717, 1.165) is 25.2 Å². The molecule has 1 N–H and O–H groups in total. The molecule has 166 valence electrons. The second-order valence-corrected chi connectivity index (χ2v) is 10.1. The van der Waals surface area contributed by atoms with E-state index in [2.05, 4.69) is 20.5 Å². The van der Waals surface area contributed by atoms with Crippen molar-refractivity contribution in [3.8, 4) is 0 Å². The molecule has 2 heterocycles. The van der Waals surface area contributed by atoms with E-state index in [4.69, 9.17) is 0 Å². The average molecular weight is 437 g/mol. The number of fused-ring (bicyclic) bond motifs is 1. The van der Waals surface area contributed by atoms with E-state index in [1.165, 1.54) is 50.2 Å². The van der Waals surface area contributed by atoms with Crippen molar-refractivity contribution >= 4 is 27.0 Å². The van der Waals surface area contributed by atoms with Crippen molar-refractivity contribution in [1.29, 1.82) is 0 Å². The van der Waals surface area contributed by atoms with E-state index in [1.807, 2.05) is 0 Å². The lowest BCUT2D eigenvalue weighted by Crippen LogP contribution is -2.35. The molecule has 2 aromatic rings. The molecule has 30 heavy (non-hydrogen) atoms.